The van der Waals surface area contributed by atoms with Crippen LogP contribution in [0.3, 0.4) is 0 Å². The molecule has 1 fully saturated rings. The Balaban J connectivity index is 1.24. The average molecular weight is 390 g/mol. The van der Waals surface area contributed by atoms with Crippen LogP contribution in [0, 0.1) is 6.92 Å². The number of aromatic amines is 1. The highest BCUT2D eigenvalue weighted by Crippen LogP contribution is 2.24. The number of nitrogens with one attached hydrogen (secondary N) is 2. The molecule has 1 amide bonds. The van der Waals surface area contributed by atoms with E-state index in [2.05, 4.69) is 38.6 Å². The number of carbonyl (C=O) groups excluding carboxylic acids is 1. The van der Waals surface area contributed by atoms with Crippen molar-refractivity contribution in [1.29, 1.82) is 0 Å². The summed E-state index contributed by atoms with van der Waals surface area (Å²) < 4.78 is 5.56. The minimum atomic E-state index is -0.0739. The summed E-state index contributed by atoms with van der Waals surface area (Å²) in [5, 5.41) is 10.7. The van der Waals surface area contributed by atoms with Crippen molar-refractivity contribution < 1.29 is 9.53 Å². The zero-order valence-electron chi connectivity index (χ0n) is 16.6. The van der Waals surface area contributed by atoms with Gasteiger partial charge in [0, 0.05) is 25.2 Å². The zero-order valence-corrected chi connectivity index (χ0v) is 16.6. The summed E-state index contributed by atoms with van der Waals surface area (Å²) >= 11 is 0. The molecule has 0 radical (unpaired) electrons. The second-order valence-corrected chi connectivity index (χ2v) is 7.44. The van der Waals surface area contributed by atoms with Gasteiger partial charge < -0.3 is 15.0 Å². The van der Waals surface area contributed by atoms with Crippen molar-refractivity contribution >= 4 is 11.7 Å². The fraction of sp³-hybridized carbons (Fsp3) is 0.304. The van der Waals surface area contributed by atoms with Gasteiger partial charge in [-0.1, -0.05) is 48.0 Å². The first kappa shape index (κ1) is 19.1. The van der Waals surface area contributed by atoms with Gasteiger partial charge in [-0.25, -0.2) is 0 Å². The quantitative estimate of drug-likeness (QED) is 0.675. The van der Waals surface area contributed by atoms with Crippen LogP contribution >= 0.6 is 0 Å². The number of rotatable bonds is 6. The summed E-state index contributed by atoms with van der Waals surface area (Å²) in [4.78, 5) is 14.5. The van der Waals surface area contributed by atoms with Crippen LogP contribution in [0.1, 0.15) is 18.4 Å². The first-order valence-corrected chi connectivity index (χ1v) is 10.0. The van der Waals surface area contributed by atoms with Crippen LogP contribution in [-0.2, 0) is 4.79 Å². The number of H-pyrrole nitrogens is 1. The number of piperidine rings is 1. The molecule has 1 aromatic heterocycles. The van der Waals surface area contributed by atoms with Gasteiger partial charge >= 0.3 is 0 Å². The molecule has 0 bridgehead atoms. The van der Waals surface area contributed by atoms with Gasteiger partial charge in [-0.2, -0.15) is 5.10 Å². The number of nitrogens with zero attached hydrogens (tertiary/aromatic N) is 2. The number of hydrogen-bond acceptors (Lipinski definition) is 4. The van der Waals surface area contributed by atoms with Gasteiger partial charge in [0.2, 0.25) is 0 Å². The van der Waals surface area contributed by atoms with Crippen LogP contribution in [-0.4, -0.2) is 41.8 Å². The lowest BCUT2D eigenvalue weighted by Crippen LogP contribution is -2.46. The van der Waals surface area contributed by atoms with Gasteiger partial charge in [0.05, 0.1) is 5.69 Å². The molecule has 29 heavy (non-hydrogen) atoms. The molecular formula is C23H26N4O2. The topological polar surface area (TPSA) is 70.2 Å². The van der Waals surface area contributed by atoms with Crippen molar-refractivity contribution in [3.63, 3.8) is 0 Å². The summed E-state index contributed by atoms with van der Waals surface area (Å²) in [6, 6.07) is 20.2. The Hall–Kier alpha value is -3.28. The van der Waals surface area contributed by atoms with Crippen LogP contribution in [0.2, 0.25) is 0 Å². The lowest BCUT2D eigenvalue weighted by Gasteiger charge is -2.32. The second-order valence-electron chi connectivity index (χ2n) is 7.44. The van der Waals surface area contributed by atoms with Crippen LogP contribution in [0.15, 0.2) is 60.7 Å². The molecule has 0 aliphatic carbocycles. The predicted octanol–water partition coefficient (Wildman–Crippen LogP) is 3.55. The van der Waals surface area contributed by atoms with E-state index in [4.69, 9.17) is 4.74 Å². The third-order valence-corrected chi connectivity index (χ3v) is 5.22. The van der Waals surface area contributed by atoms with E-state index in [1.165, 1.54) is 5.56 Å². The minimum absolute atomic E-state index is 0.0447. The molecular weight excluding hydrogens is 364 g/mol. The predicted molar refractivity (Wildman–Crippen MR) is 114 cm³/mol. The molecule has 150 valence electrons. The Morgan fingerprint density at radius 2 is 1.86 bits per heavy atom. The molecule has 1 aliphatic heterocycles. The number of anilines is 1. The number of aryl methyl sites for hydroxylation is 1. The lowest BCUT2D eigenvalue weighted by atomic mass is 10.0. The fourth-order valence-electron chi connectivity index (χ4n) is 3.54. The highest BCUT2D eigenvalue weighted by atomic mass is 16.5. The molecule has 2 heterocycles. The highest BCUT2D eigenvalue weighted by molar-refractivity contribution is 5.77. The van der Waals surface area contributed by atoms with E-state index in [1.807, 2.05) is 49.4 Å². The van der Waals surface area contributed by atoms with Gasteiger partial charge in [-0.15, -0.1) is 0 Å². The third-order valence-electron chi connectivity index (χ3n) is 5.22. The van der Waals surface area contributed by atoms with Crippen molar-refractivity contribution in [3.8, 4) is 17.0 Å². The number of ether oxygens (including phenoxy) is 1. The standard InChI is InChI=1S/C23H26N4O2/c1-17-7-9-20(10-8-17)29-16-23(28)24-19-11-13-27(14-12-19)22-15-21(25-26-22)18-5-3-2-4-6-18/h2-10,15,19H,11-14,16H2,1H3,(H,24,28)(H,25,26). The normalized spacial score (nSPS) is 14.6. The van der Waals surface area contributed by atoms with Gasteiger partial charge in [-0.05, 0) is 37.5 Å². The minimum Gasteiger partial charge on any atom is -0.484 e. The van der Waals surface area contributed by atoms with Gasteiger partial charge in [0.1, 0.15) is 5.75 Å². The SMILES string of the molecule is Cc1ccc(OCC(=O)NC2CCN(c3cc(-c4ccccc4)[nH]n3)CC2)cc1. The molecule has 1 saturated heterocycles. The maximum Gasteiger partial charge on any atom is 0.258 e. The summed E-state index contributed by atoms with van der Waals surface area (Å²) in [6.45, 7) is 3.79. The molecule has 0 unspecified atom stereocenters. The van der Waals surface area contributed by atoms with Crippen molar-refractivity contribution in [2.45, 2.75) is 25.8 Å². The van der Waals surface area contributed by atoms with E-state index in [1.54, 1.807) is 0 Å². The maximum atomic E-state index is 12.2. The highest BCUT2D eigenvalue weighted by Gasteiger charge is 2.22. The monoisotopic (exact) mass is 390 g/mol. The molecule has 3 aromatic rings. The largest absolute Gasteiger partial charge is 0.484 e. The molecule has 0 saturated carbocycles. The summed E-state index contributed by atoms with van der Waals surface area (Å²) in [5.74, 6) is 1.60. The van der Waals surface area contributed by atoms with Gasteiger partial charge in [-0.3, -0.25) is 9.89 Å². The molecule has 2 aromatic carbocycles. The Bertz CT molecular complexity index is 929. The van der Waals surface area contributed by atoms with E-state index in [0.29, 0.717) is 5.75 Å². The first-order valence-electron chi connectivity index (χ1n) is 10.0. The Labute approximate surface area is 170 Å². The van der Waals surface area contributed by atoms with Crippen molar-refractivity contribution in [1.82, 2.24) is 15.5 Å². The number of aromatic nitrogens is 2. The number of benzene rings is 2. The molecule has 1 aliphatic rings. The van der Waals surface area contributed by atoms with Crippen molar-refractivity contribution in [3.05, 3.63) is 66.2 Å². The first-order chi connectivity index (χ1) is 14.2. The Morgan fingerprint density at radius 3 is 2.59 bits per heavy atom. The smallest absolute Gasteiger partial charge is 0.258 e. The van der Waals surface area contributed by atoms with Gasteiger partial charge in [0.15, 0.2) is 12.4 Å². The van der Waals surface area contributed by atoms with Crippen LogP contribution in [0.5, 0.6) is 5.75 Å². The summed E-state index contributed by atoms with van der Waals surface area (Å²) in [7, 11) is 0. The maximum absolute atomic E-state index is 12.2. The van der Waals surface area contributed by atoms with Crippen LogP contribution < -0.4 is 15.0 Å². The van der Waals surface area contributed by atoms with Gasteiger partial charge in [0.25, 0.3) is 5.91 Å². The molecule has 6 nitrogen and oxygen atoms in total. The van der Waals surface area contributed by atoms with E-state index < -0.39 is 0 Å². The van der Waals surface area contributed by atoms with E-state index in [9.17, 15) is 4.79 Å². The molecule has 4 rings (SSSR count). The van der Waals surface area contributed by atoms with E-state index in [-0.39, 0.29) is 18.6 Å². The average Bonchev–Trinajstić information content (AvgIpc) is 3.25. The number of carbonyl (C=O) groups is 1. The third kappa shape index (κ3) is 4.96. The lowest BCUT2D eigenvalue weighted by molar-refractivity contribution is -0.123. The Morgan fingerprint density at radius 1 is 1.14 bits per heavy atom. The molecule has 2 N–H and O–H groups in total. The molecule has 0 spiro atoms. The fourth-order valence-corrected chi connectivity index (χ4v) is 3.54. The molecule has 6 heteroatoms. The second kappa shape index (κ2) is 8.82. The Kier molecular flexibility index (Phi) is 5.79. The van der Waals surface area contributed by atoms with Crippen molar-refractivity contribution in [2.24, 2.45) is 0 Å². The van der Waals surface area contributed by atoms with Crippen LogP contribution in [0.25, 0.3) is 11.3 Å². The van der Waals surface area contributed by atoms with Crippen LogP contribution in [0.4, 0.5) is 5.82 Å². The summed E-state index contributed by atoms with van der Waals surface area (Å²) in [6.07, 6.45) is 1.79. The summed E-state index contributed by atoms with van der Waals surface area (Å²) in [5.41, 5.74) is 3.31. The number of amides is 1. The van der Waals surface area contributed by atoms with E-state index >= 15 is 0 Å². The number of hydrogen-bond donors (Lipinski definition) is 2. The molecule has 0 atom stereocenters. The zero-order chi connectivity index (χ0) is 20.1. The van der Waals surface area contributed by atoms with E-state index in [0.717, 1.165) is 43.0 Å². The van der Waals surface area contributed by atoms with Crippen molar-refractivity contribution in [2.75, 3.05) is 24.6 Å².